The van der Waals surface area contributed by atoms with Crippen LogP contribution in [0.3, 0.4) is 0 Å². The summed E-state index contributed by atoms with van der Waals surface area (Å²) in [6, 6.07) is 13.2. The van der Waals surface area contributed by atoms with Crippen molar-refractivity contribution >= 4 is 43.7 Å². The molecule has 1 aliphatic rings. The number of carbonyl (C=O) groups is 1. The topological polar surface area (TPSA) is 79.4 Å². The van der Waals surface area contributed by atoms with E-state index in [0.717, 1.165) is 34.6 Å². The Hall–Kier alpha value is -2.07. The van der Waals surface area contributed by atoms with Crippen LogP contribution in [0.25, 0.3) is 10.4 Å². The smallest absolute Gasteiger partial charge is 0.252 e. The Balaban J connectivity index is 1.39. The van der Waals surface area contributed by atoms with Crippen LogP contribution in [-0.2, 0) is 21.2 Å². The van der Waals surface area contributed by atoms with E-state index in [4.69, 9.17) is 0 Å². The molecule has 0 saturated carbocycles. The second kappa shape index (κ2) is 8.74. The van der Waals surface area contributed by atoms with Gasteiger partial charge in [0.05, 0.1) is 11.3 Å². The van der Waals surface area contributed by atoms with Gasteiger partial charge in [-0.1, -0.05) is 48.1 Å². The average molecular weight is 448 g/mol. The zero-order valence-corrected chi connectivity index (χ0v) is 18.2. The van der Waals surface area contributed by atoms with Crippen molar-refractivity contribution in [3.05, 3.63) is 53.5 Å². The zero-order chi connectivity index (χ0) is 20.3. The van der Waals surface area contributed by atoms with E-state index in [9.17, 15) is 13.2 Å². The summed E-state index contributed by atoms with van der Waals surface area (Å²) in [6.07, 6.45) is 4.74. The first-order valence-corrected chi connectivity index (χ1v) is 12.5. The molecule has 0 bridgehead atoms. The van der Waals surface area contributed by atoms with E-state index < -0.39 is 10.0 Å². The van der Waals surface area contributed by atoms with Gasteiger partial charge in [0.1, 0.15) is 4.21 Å². The zero-order valence-electron chi connectivity index (χ0n) is 15.7. The summed E-state index contributed by atoms with van der Waals surface area (Å²) in [5.74, 6) is -0.206. The monoisotopic (exact) mass is 447 g/mol. The van der Waals surface area contributed by atoms with Crippen LogP contribution in [0.15, 0.2) is 52.9 Å². The van der Waals surface area contributed by atoms with Crippen molar-refractivity contribution in [2.75, 3.05) is 18.4 Å². The SMILES string of the molecule is O=C(Cc1ccc(S(=O)(=O)N2CCCCC2)s1)Nc1ncc(-c2ccccc2)s1. The number of sulfonamides is 1. The molecule has 2 aromatic heterocycles. The number of anilines is 1. The molecule has 3 aromatic rings. The number of hydrogen-bond donors (Lipinski definition) is 1. The molecule has 0 atom stereocenters. The van der Waals surface area contributed by atoms with Gasteiger partial charge < -0.3 is 5.32 Å². The third-order valence-corrected chi connectivity index (χ3v) is 9.10. The Morgan fingerprint density at radius 2 is 1.79 bits per heavy atom. The Kier molecular flexibility index (Phi) is 6.09. The molecule has 0 aliphatic carbocycles. The van der Waals surface area contributed by atoms with Crippen molar-refractivity contribution in [1.82, 2.24) is 9.29 Å². The lowest BCUT2D eigenvalue weighted by molar-refractivity contribution is -0.115. The Morgan fingerprint density at radius 1 is 1.03 bits per heavy atom. The molecule has 1 fully saturated rings. The van der Waals surface area contributed by atoms with Crippen LogP contribution in [-0.4, -0.2) is 36.7 Å². The molecule has 6 nitrogen and oxygen atoms in total. The molecule has 0 spiro atoms. The number of aromatic nitrogens is 1. The third kappa shape index (κ3) is 4.75. The summed E-state index contributed by atoms with van der Waals surface area (Å²) in [4.78, 5) is 18.4. The van der Waals surface area contributed by atoms with E-state index in [1.807, 2.05) is 30.3 Å². The fraction of sp³-hybridized carbons (Fsp3) is 0.300. The predicted octanol–water partition coefficient (Wildman–Crippen LogP) is 4.23. The first kappa shape index (κ1) is 20.2. The van der Waals surface area contributed by atoms with Crippen molar-refractivity contribution in [3.63, 3.8) is 0 Å². The highest BCUT2D eigenvalue weighted by molar-refractivity contribution is 7.91. The van der Waals surface area contributed by atoms with Crippen molar-refractivity contribution in [2.45, 2.75) is 29.9 Å². The quantitative estimate of drug-likeness (QED) is 0.613. The van der Waals surface area contributed by atoms with E-state index in [-0.39, 0.29) is 12.3 Å². The molecule has 1 aromatic carbocycles. The van der Waals surface area contributed by atoms with Crippen molar-refractivity contribution < 1.29 is 13.2 Å². The molecule has 1 N–H and O–H groups in total. The average Bonchev–Trinajstić information content (AvgIpc) is 3.39. The van der Waals surface area contributed by atoms with Crippen LogP contribution in [0, 0.1) is 0 Å². The normalized spacial score (nSPS) is 15.3. The molecule has 1 saturated heterocycles. The number of carbonyl (C=O) groups excluding carboxylic acids is 1. The fourth-order valence-electron chi connectivity index (χ4n) is 3.21. The van der Waals surface area contributed by atoms with Crippen molar-refractivity contribution in [1.29, 1.82) is 0 Å². The number of nitrogens with zero attached hydrogens (tertiary/aromatic N) is 2. The van der Waals surface area contributed by atoms with Gasteiger partial charge in [-0.2, -0.15) is 4.31 Å². The number of thiophene rings is 1. The molecule has 9 heteroatoms. The number of piperidine rings is 1. The highest BCUT2D eigenvalue weighted by Gasteiger charge is 2.27. The molecule has 1 aliphatic heterocycles. The van der Waals surface area contributed by atoms with Gasteiger partial charge in [-0.15, -0.1) is 11.3 Å². The fourth-order valence-corrected chi connectivity index (χ4v) is 7.08. The van der Waals surface area contributed by atoms with Gasteiger partial charge >= 0.3 is 0 Å². The Bertz CT molecular complexity index is 1080. The van der Waals surface area contributed by atoms with Gasteiger partial charge in [0.15, 0.2) is 5.13 Å². The molecular weight excluding hydrogens is 426 g/mol. The van der Waals surface area contributed by atoms with Crippen LogP contribution in [0.4, 0.5) is 5.13 Å². The van der Waals surface area contributed by atoms with Gasteiger partial charge in [-0.3, -0.25) is 4.79 Å². The minimum atomic E-state index is -3.45. The molecule has 29 heavy (non-hydrogen) atoms. The minimum Gasteiger partial charge on any atom is -0.302 e. The maximum Gasteiger partial charge on any atom is 0.252 e. The van der Waals surface area contributed by atoms with Gasteiger partial charge in [-0.05, 0) is 30.5 Å². The second-order valence-corrected chi connectivity index (χ2v) is 11.2. The molecular formula is C20H21N3O3S3. The number of amides is 1. The molecule has 4 rings (SSSR count). The summed E-state index contributed by atoms with van der Waals surface area (Å²) < 4.78 is 27.3. The van der Waals surface area contributed by atoms with E-state index in [2.05, 4.69) is 10.3 Å². The van der Waals surface area contributed by atoms with E-state index in [1.165, 1.54) is 22.7 Å². The number of benzene rings is 1. The first-order valence-electron chi connectivity index (χ1n) is 9.42. The lowest BCUT2D eigenvalue weighted by atomic mass is 10.2. The van der Waals surface area contributed by atoms with E-state index >= 15 is 0 Å². The van der Waals surface area contributed by atoms with Crippen LogP contribution in [0.5, 0.6) is 0 Å². The van der Waals surface area contributed by atoms with Crippen molar-refractivity contribution in [2.24, 2.45) is 0 Å². The summed E-state index contributed by atoms with van der Waals surface area (Å²) in [7, 11) is -3.45. The number of rotatable bonds is 6. The van der Waals surface area contributed by atoms with Gasteiger partial charge in [0.2, 0.25) is 5.91 Å². The molecule has 1 amide bonds. The van der Waals surface area contributed by atoms with Crippen LogP contribution in [0.2, 0.25) is 0 Å². The summed E-state index contributed by atoms with van der Waals surface area (Å²) in [5, 5.41) is 3.34. The Morgan fingerprint density at radius 3 is 2.55 bits per heavy atom. The first-order chi connectivity index (χ1) is 14.0. The number of thiazole rings is 1. The summed E-state index contributed by atoms with van der Waals surface area (Å²) in [5.41, 5.74) is 1.05. The number of nitrogens with one attached hydrogen (secondary N) is 1. The van der Waals surface area contributed by atoms with Crippen LogP contribution >= 0.6 is 22.7 Å². The number of hydrogen-bond acceptors (Lipinski definition) is 6. The summed E-state index contributed by atoms with van der Waals surface area (Å²) >= 11 is 2.58. The lowest BCUT2D eigenvalue weighted by Gasteiger charge is -2.25. The second-order valence-electron chi connectivity index (χ2n) is 6.81. The molecule has 0 radical (unpaired) electrons. The van der Waals surface area contributed by atoms with Crippen LogP contribution in [0.1, 0.15) is 24.1 Å². The van der Waals surface area contributed by atoms with Gasteiger partial charge in [-0.25, -0.2) is 13.4 Å². The molecule has 3 heterocycles. The van der Waals surface area contributed by atoms with Crippen molar-refractivity contribution in [3.8, 4) is 10.4 Å². The highest BCUT2D eigenvalue weighted by atomic mass is 32.2. The maximum atomic E-state index is 12.7. The van der Waals surface area contributed by atoms with Crippen LogP contribution < -0.4 is 5.32 Å². The van der Waals surface area contributed by atoms with Gasteiger partial charge in [0, 0.05) is 24.2 Å². The van der Waals surface area contributed by atoms with E-state index in [1.54, 1.807) is 22.6 Å². The van der Waals surface area contributed by atoms with Gasteiger partial charge in [0.25, 0.3) is 10.0 Å². The summed E-state index contributed by atoms with van der Waals surface area (Å²) in [6.45, 7) is 1.15. The largest absolute Gasteiger partial charge is 0.302 e. The standard InChI is InChI=1S/C20H21N3O3S3/c24-18(22-20-21-14-17(28-20)15-7-3-1-4-8-15)13-16-9-10-19(27-16)29(25,26)23-11-5-2-6-12-23/h1,3-4,7-10,14H,2,5-6,11-13H2,(H,21,22,24). The minimum absolute atomic E-state index is 0.125. The highest BCUT2D eigenvalue weighted by Crippen LogP contribution is 2.30. The molecule has 152 valence electrons. The lowest BCUT2D eigenvalue weighted by Crippen LogP contribution is -2.35. The molecule has 0 unspecified atom stereocenters. The predicted molar refractivity (Wildman–Crippen MR) is 117 cm³/mol. The maximum absolute atomic E-state index is 12.7. The third-order valence-electron chi connectivity index (χ3n) is 4.69. The van der Waals surface area contributed by atoms with E-state index in [0.29, 0.717) is 22.4 Å². The Labute approximate surface area is 178 Å².